The van der Waals surface area contributed by atoms with Gasteiger partial charge in [0, 0.05) is 26.1 Å². The van der Waals surface area contributed by atoms with Gasteiger partial charge in [0.05, 0.1) is 18.8 Å². The Bertz CT molecular complexity index is 810. The summed E-state index contributed by atoms with van der Waals surface area (Å²) in [6.45, 7) is 0.547. The fraction of sp³-hybridized carbons (Fsp3) is 0.412. The predicted molar refractivity (Wildman–Crippen MR) is 95.2 cm³/mol. The molecule has 1 aromatic carbocycles. The van der Waals surface area contributed by atoms with Crippen molar-refractivity contribution >= 4 is 23.6 Å². The number of hydrogen-bond donors (Lipinski definition) is 1. The molecule has 1 saturated heterocycles. The largest absolute Gasteiger partial charge is 0.496 e. The zero-order chi connectivity index (χ0) is 18.7. The molecule has 0 aliphatic carbocycles. The molecule has 1 aliphatic heterocycles. The number of thioether (sulfide) groups is 1. The van der Waals surface area contributed by atoms with E-state index in [1.54, 1.807) is 30.0 Å². The summed E-state index contributed by atoms with van der Waals surface area (Å²) in [7, 11) is 3.37. The Morgan fingerprint density at radius 1 is 1.35 bits per heavy atom. The van der Waals surface area contributed by atoms with Crippen LogP contribution >= 0.6 is 11.8 Å². The summed E-state index contributed by atoms with van der Waals surface area (Å²) < 4.78 is 7.11. The lowest BCUT2D eigenvalue weighted by Gasteiger charge is -2.18. The van der Waals surface area contributed by atoms with E-state index in [-0.39, 0.29) is 24.1 Å². The first-order valence-electron chi connectivity index (χ1n) is 8.11. The molecule has 8 nitrogen and oxygen atoms in total. The van der Waals surface area contributed by atoms with Crippen molar-refractivity contribution in [1.29, 1.82) is 0 Å². The van der Waals surface area contributed by atoms with Crippen LogP contribution in [-0.2, 0) is 16.6 Å². The van der Waals surface area contributed by atoms with Crippen molar-refractivity contribution in [2.75, 3.05) is 26.0 Å². The Morgan fingerprint density at radius 3 is 2.77 bits per heavy atom. The van der Waals surface area contributed by atoms with Gasteiger partial charge in [-0.25, -0.2) is 0 Å². The number of carbonyl (C=O) groups is 2. The number of aryl methyl sites for hydroxylation is 1. The molecule has 0 unspecified atom stereocenters. The second-order valence-electron chi connectivity index (χ2n) is 6.10. The molecule has 1 amide bonds. The van der Waals surface area contributed by atoms with Gasteiger partial charge in [0.25, 0.3) is 0 Å². The van der Waals surface area contributed by atoms with Crippen molar-refractivity contribution in [3.63, 3.8) is 0 Å². The van der Waals surface area contributed by atoms with Crippen LogP contribution < -0.4 is 4.74 Å². The van der Waals surface area contributed by atoms with Gasteiger partial charge >= 0.3 is 5.97 Å². The van der Waals surface area contributed by atoms with E-state index in [1.807, 2.05) is 24.3 Å². The molecule has 1 N–H and O–H groups in total. The number of aliphatic carboxylic acids is 1. The van der Waals surface area contributed by atoms with Gasteiger partial charge in [-0.1, -0.05) is 30.0 Å². The number of ether oxygens (including phenoxy) is 1. The Morgan fingerprint density at radius 2 is 2.12 bits per heavy atom. The Kier molecular flexibility index (Phi) is 5.46. The minimum atomic E-state index is -0.905. The first-order chi connectivity index (χ1) is 12.5. The van der Waals surface area contributed by atoms with Gasteiger partial charge in [-0.15, -0.1) is 10.2 Å². The molecule has 0 radical (unpaired) electrons. The Balaban J connectivity index is 1.73. The SMILES string of the molecule is COc1ccccc1[C@H]1CN(C(=O)CSc2nncn2C)C[C@@H]1C(=O)O. The van der Waals surface area contributed by atoms with E-state index in [0.717, 1.165) is 5.56 Å². The number of amides is 1. The summed E-state index contributed by atoms with van der Waals surface area (Å²) >= 11 is 1.29. The molecule has 1 aromatic heterocycles. The molecule has 0 spiro atoms. The standard InChI is InChI=1S/C17H20N4O4S/c1-20-10-18-19-17(20)26-9-15(22)21-7-12(13(8-21)16(23)24)11-5-3-4-6-14(11)25-2/h3-6,10,12-13H,7-9H2,1-2H3,(H,23,24)/t12-,13+/m1/s1. The normalized spacial score (nSPS) is 19.5. The highest BCUT2D eigenvalue weighted by Crippen LogP contribution is 2.37. The topological polar surface area (TPSA) is 97.5 Å². The van der Waals surface area contributed by atoms with Crippen molar-refractivity contribution in [2.45, 2.75) is 11.1 Å². The van der Waals surface area contributed by atoms with Crippen LogP contribution in [0.1, 0.15) is 11.5 Å². The van der Waals surface area contributed by atoms with Crippen LogP contribution in [0.2, 0.25) is 0 Å². The van der Waals surface area contributed by atoms with Crippen molar-refractivity contribution < 1.29 is 19.4 Å². The van der Waals surface area contributed by atoms with Crippen LogP contribution in [-0.4, -0.2) is 62.6 Å². The molecular formula is C17H20N4O4S. The van der Waals surface area contributed by atoms with Crippen LogP contribution in [0.3, 0.4) is 0 Å². The van der Waals surface area contributed by atoms with Gasteiger partial charge in [0.2, 0.25) is 5.91 Å². The number of hydrogen-bond acceptors (Lipinski definition) is 6. The molecule has 2 aromatic rings. The zero-order valence-electron chi connectivity index (χ0n) is 14.5. The summed E-state index contributed by atoms with van der Waals surface area (Å²) in [5.41, 5.74) is 0.818. The van der Waals surface area contributed by atoms with Crippen LogP contribution in [0, 0.1) is 5.92 Å². The number of benzene rings is 1. The second-order valence-corrected chi connectivity index (χ2v) is 7.05. The maximum Gasteiger partial charge on any atom is 0.308 e. The number of rotatable bonds is 6. The highest BCUT2D eigenvalue weighted by Gasteiger charge is 2.41. The van der Waals surface area contributed by atoms with E-state index >= 15 is 0 Å². The van der Waals surface area contributed by atoms with Crippen LogP contribution in [0.25, 0.3) is 0 Å². The summed E-state index contributed by atoms with van der Waals surface area (Å²) in [6, 6.07) is 7.36. The van der Waals surface area contributed by atoms with Gasteiger partial charge in [-0.2, -0.15) is 0 Å². The second kappa shape index (κ2) is 7.77. The molecule has 1 fully saturated rings. The number of nitrogens with zero attached hydrogens (tertiary/aromatic N) is 4. The Hall–Kier alpha value is -2.55. The number of carboxylic acids is 1. The molecule has 3 rings (SSSR count). The molecule has 9 heteroatoms. The van der Waals surface area contributed by atoms with Crippen LogP contribution in [0.4, 0.5) is 0 Å². The number of carbonyl (C=O) groups excluding carboxylic acids is 1. The van der Waals surface area contributed by atoms with Gasteiger partial charge in [-0.3, -0.25) is 9.59 Å². The minimum absolute atomic E-state index is 0.110. The van der Waals surface area contributed by atoms with Gasteiger partial charge in [0.15, 0.2) is 5.16 Å². The monoisotopic (exact) mass is 376 g/mol. The third kappa shape index (κ3) is 3.67. The first-order valence-corrected chi connectivity index (χ1v) is 9.10. The number of aromatic nitrogens is 3. The van der Waals surface area contributed by atoms with E-state index in [2.05, 4.69) is 10.2 Å². The molecular weight excluding hydrogens is 356 g/mol. The smallest absolute Gasteiger partial charge is 0.308 e. The highest BCUT2D eigenvalue weighted by atomic mass is 32.2. The van der Waals surface area contributed by atoms with Gasteiger partial charge in [-0.05, 0) is 11.6 Å². The van der Waals surface area contributed by atoms with Crippen molar-refractivity contribution in [3.8, 4) is 5.75 Å². The molecule has 26 heavy (non-hydrogen) atoms. The van der Waals surface area contributed by atoms with E-state index in [1.165, 1.54) is 11.8 Å². The van der Waals surface area contributed by atoms with Crippen molar-refractivity contribution in [2.24, 2.45) is 13.0 Å². The molecule has 2 heterocycles. The average Bonchev–Trinajstić information content (AvgIpc) is 3.26. The minimum Gasteiger partial charge on any atom is -0.496 e. The lowest BCUT2D eigenvalue weighted by atomic mass is 9.88. The summed E-state index contributed by atoms with van der Waals surface area (Å²) in [6.07, 6.45) is 1.57. The lowest BCUT2D eigenvalue weighted by molar-refractivity contribution is -0.141. The maximum absolute atomic E-state index is 12.6. The van der Waals surface area contributed by atoms with E-state index in [9.17, 15) is 14.7 Å². The molecule has 2 atom stereocenters. The van der Waals surface area contributed by atoms with Gasteiger partial charge < -0.3 is 19.3 Å². The molecule has 0 saturated carbocycles. The number of methoxy groups -OCH3 is 1. The third-order valence-corrected chi connectivity index (χ3v) is 5.54. The summed E-state index contributed by atoms with van der Waals surface area (Å²) in [5, 5.41) is 18.0. The molecule has 138 valence electrons. The number of para-hydroxylation sites is 1. The fourth-order valence-corrected chi connectivity index (χ4v) is 3.96. The number of likely N-dealkylation sites (tertiary alicyclic amines) is 1. The van der Waals surface area contributed by atoms with Crippen LogP contribution in [0.5, 0.6) is 5.75 Å². The summed E-state index contributed by atoms with van der Waals surface area (Å²) in [4.78, 5) is 25.9. The molecule has 0 bridgehead atoms. The predicted octanol–water partition coefficient (Wildman–Crippen LogP) is 1.24. The Labute approximate surface area is 155 Å². The third-order valence-electron chi connectivity index (χ3n) is 4.52. The van der Waals surface area contributed by atoms with Crippen LogP contribution in [0.15, 0.2) is 35.7 Å². The first kappa shape index (κ1) is 18.2. The maximum atomic E-state index is 12.6. The molecule has 1 aliphatic rings. The lowest BCUT2D eigenvalue weighted by Crippen LogP contribution is -2.31. The quantitative estimate of drug-likeness (QED) is 0.758. The number of carboxylic acid groups (broad SMARTS) is 1. The van der Waals surface area contributed by atoms with E-state index in [0.29, 0.717) is 17.5 Å². The summed E-state index contributed by atoms with van der Waals surface area (Å²) in [5.74, 6) is -1.13. The zero-order valence-corrected chi connectivity index (χ0v) is 15.3. The van der Waals surface area contributed by atoms with Crippen molar-refractivity contribution in [1.82, 2.24) is 19.7 Å². The van der Waals surface area contributed by atoms with Crippen molar-refractivity contribution in [3.05, 3.63) is 36.2 Å². The average molecular weight is 376 g/mol. The fourth-order valence-electron chi connectivity index (χ4n) is 3.17. The van der Waals surface area contributed by atoms with E-state index in [4.69, 9.17) is 4.74 Å². The van der Waals surface area contributed by atoms with E-state index < -0.39 is 11.9 Å². The highest BCUT2D eigenvalue weighted by molar-refractivity contribution is 7.99. The van der Waals surface area contributed by atoms with Gasteiger partial charge in [0.1, 0.15) is 12.1 Å².